The van der Waals surface area contributed by atoms with Crippen LogP contribution in [-0.2, 0) is 5.41 Å². The molecule has 0 spiro atoms. The quantitative estimate of drug-likeness (QED) is 0.612. The average Bonchev–Trinajstić information content (AvgIpc) is 3.29. The molecule has 1 saturated heterocycles. The zero-order valence-electron chi connectivity index (χ0n) is 17.3. The van der Waals surface area contributed by atoms with Crippen LogP contribution in [-0.4, -0.2) is 44.0 Å². The highest BCUT2D eigenvalue weighted by atomic mass is 32.1. The fourth-order valence-corrected chi connectivity index (χ4v) is 5.34. The van der Waals surface area contributed by atoms with Crippen molar-refractivity contribution in [1.82, 2.24) is 25.0 Å². The second-order valence-electron chi connectivity index (χ2n) is 8.53. The summed E-state index contributed by atoms with van der Waals surface area (Å²) in [5, 5.41) is 5.33. The summed E-state index contributed by atoms with van der Waals surface area (Å²) in [6.45, 7) is 5.27. The molecule has 7 nitrogen and oxygen atoms in total. The fourth-order valence-electron chi connectivity index (χ4n) is 4.45. The molecule has 4 heterocycles. The van der Waals surface area contributed by atoms with Gasteiger partial charge in [-0.3, -0.25) is 9.78 Å². The van der Waals surface area contributed by atoms with E-state index in [2.05, 4.69) is 15.1 Å². The molecule has 1 aliphatic heterocycles. The summed E-state index contributed by atoms with van der Waals surface area (Å²) < 4.78 is 5.60. The molecule has 5 rings (SSSR count). The highest BCUT2D eigenvalue weighted by Crippen LogP contribution is 2.47. The molecule has 0 radical (unpaired) electrons. The Morgan fingerprint density at radius 2 is 2.07 bits per heavy atom. The molecule has 3 aromatic rings. The molecular formula is C22H25N5O2S. The summed E-state index contributed by atoms with van der Waals surface area (Å²) in [7, 11) is 0. The monoisotopic (exact) mass is 423 g/mol. The van der Waals surface area contributed by atoms with E-state index in [1.165, 1.54) is 24.2 Å². The van der Waals surface area contributed by atoms with Gasteiger partial charge in [-0.25, -0.2) is 4.98 Å². The number of aryl methyl sites for hydroxylation is 2. The summed E-state index contributed by atoms with van der Waals surface area (Å²) >= 11 is 1.49. The number of carbonyl (C=O) groups excluding carboxylic acids is 1. The van der Waals surface area contributed by atoms with Gasteiger partial charge in [-0.15, -0.1) is 11.3 Å². The van der Waals surface area contributed by atoms with E-state index in [1.54, 1.807) is 12.4 Å². The van der Waals surface area contributed by atoms with Crippen LogP contribution in [0.15, 0.2) is 29.0 Å². The first-order chi connectivity index (χ1) is 14.5. The van der Waals surface area contributed by atoms with Crippen LogP contribution >= 0.6 is 11.3 Å². The molecule has 2 fully saturated rings. The van der Waals surface area contributed by atoms with Crippen molar-refractivity contribution in [2.45, 2.75) is 51.4 Å². The SMILES string of the molecule is Cc1nc(C)c(C(=O)N2CCC(CC3CC3)(c3noc(-c4cccnc4)n3)CC2)s1. The van der Waals surface area contributed by atoms with Crippen molar-refractivity contribution in [3.05, 3.63) is 45.9 Å². The highest BCUT2D eigenvalue weighted by Gasteiger charge is 2.45. The maximum absolute atomic E-state index is 13.0. The Morgan fingerprint density at radius 1 is 1.27 bits per heavy atom. The number of rotatable bonds is 5. The molecule has 0 unspecified atom stereocenters. The number of likely N-dealkylation sites (tertiary alicyclic amines) is 1. The molecule has 2 aliphatic rings. The highest BCUT2D eigenvalue weighted by molar-refractivity contribution is 7.13. The minimum Gasteiger partial charge on any atom is -0.338 e. The lowest BCUT2D eigenvalue weighted by molar-refractivity contribution is 0.0649. The number of amides is 1. The van der Waals surface area contributed by atoms with Crippen LogP contribution in [0, 0.1) is 19.8 Å². The fraction of sp³-hybridized carbons (Fsp3) is 0.500. The van der Waals surface area contributed by atoms with Crippen molar-refractivity contribution >= 4 is 17.2 Å². The lowest BCUT2D eigenvalue weighted by Gasteiger charge is -2.40. The van der Waals surface area contributed by atoms with Crippen LogP contribution < -0.4 is 0 Å². The van der Waals surface area contributed by atoms with E-state index in [4.69, 9.17) is 9.51 Å². The van der Waals surface area contributed by atoms with Gasteiger partial charge in [0.15, 0.2) is 5.82 Å². The standard InChI is InChI=1S/C22H25N5O2S/c1-14-18(30-15(2)24-14)20(28)27-10-7-22(8-11-27,12-16-5-6-16)21-25-19(29-26-21)17-4-3-9-23-13-17/h3-4,9,13,16H,5-8,10-12H2,1-2H3. The number of thiazole rings is 1. The topological polar surface area (TPSA) is 85.0 Å². The number of hydrogen-bond acceptors (Lipinski definition) is 7. The predicted octanol–water partition coefficient (Wildman–Crippen LogP) is 4.18. The molecule has 0 bridgehead atoms. The van der Waals surface area contributed by atoms with E-state index < -0.39 is 0 Å². The minimum atomic E-state index is -0.124. The Kier molecular flexibility index (Phi) is 4.89. The maximum Gasteiger partial charge on any atom is 0.265 e. The molecule has 0 aromatic carbocycles. The Morgan fingerprint density at radius 3 is 2.70 bits per heavy atom. The van der Waals surface area contributed by atoms with Gasteiger partial charge < -0.3 is 9.42 Å². The van der Waals surface area contributed by atoms with Gasteiger partial charge >= 0.3 is 0 Å². The number of aromatic nitrogens is 4. The number of piperidine rings is 1. The third-order valence-corrected chi connectivity index (χ3v) is 7.35. The number of hydrogen-bond donors (Lipinski definition) is 0. The van der Waals surface area contributed by atoms with E-state index >= 15 is 0 Å². The Hall–Kier alpha value is -2.61. The van der Waals surface area contributed by atoms with Gasteiger partial charge in [0.25, 0.3) is 11.8 Å². The normalized spacial score (nSPS) is 18.5. The molecule has 1 amide bonds. The van der Waals surface area contributed by atoms with Crippen LogP contribution in [0.3, 0.4) is 0 Å². The van der Waals surface area contributed by atoms with Crippen LogP contribution in [0.25, 0.3) is 11.5 Å². The largest absolute Gasteiger partial charge is 0.338 e. The van der Waals surface area contributed by atoms with Crippen molar-refractivity contribution in [2.24, 2.45) is 5.92 Å². The van der Waals surface area contributed by atoms with Crippen LogP contribution in [0.2, 0.25) is 0 Å². The molecule has 8 heteroatoms. The summed E-state index contributed by atoms with van der Waals surface area (Å²) in [6, 6.07) is 3.80. The first kappa shape index (κ1) is 19.4. The lowest BCUT2D eigenvalue weighted by atomic mass is 9.73. The van der Waals surface area contributed by atoms with Crippen molar-refractivity contribution in [3.63, 3.8) is 0 Å². The third-order valence-electron chi connectivity index (χ3n) is 6.29. The second-order valence-corrected chi connectivity index (χ2v) is 9.74. The molecule has 30 heavy (non-hydrogen) atoms. The van der Waals surface area contributed by atoms with Crippen molar-refractivity contribution in [2.75, 3.05) is 13.1 Å². The lowest BCUT2D eigenvalue weighted by Crippen LogP contribution is -2.46. The average molecular weight is 424 g/mol. The smallest absolute Gasteiger partial charge is 0.265 e. The van der Waals surface area contributed by atoms with Gasteiger partial charge in [0.1, 0.15) is 4.88 Å². The Balaban J connectivity index is 1.37. The zero-order valence-corrected chi connectivity index (χ0v) is 18.1. The van der Waals surface area contributed by atoms with E-state index in [0.29, 0.717) is 19.0 Å². The van der Waals surface area contributed by atoms with E-state index in [9.17, 15) is 4.79 Å². The van der Waals surface area contributed by atoms with Gasteiger partial charge in [0, 0.05) is 30.9 Å². The van der Waals surface area contributed by atoms with Gasteiger partial charge in [-0.05, 0) is 51.2 Å². The summed E-state index contributed by atoms with van der Waals surface area (Å²) in [6.07, 6.45) is 8.81. The van der Waals surface area contributed by atoms with Gasteiger partial charge in [-0.2, -0.15) is 4.98 Å². The minimum absolute atomic E-state index is 0.0993. The van der Waals surface area contributed by atoms with Gasteiger partial charge in [0.2, 0.25) is 0 Å². The molecule has 0 N–H and O–H groups in total. The predicted molar refractivity (Wildman–Crippen MR) is 113 cm³/mol. The van der Waals surface area contributed by atoms with Gasteiger partial charge in [0.05, 0.1) is 16.3 Å². The van der Waals surface area contributed by atoms with Crippen molar-refractivity contribution in [1.29, 1.82) is 0 Å². The van der Waals surface area contributed by atoms with Crippen LogP contribution in [0.1, 0.15) is 58.3 Å². The van der Waals surface area contributed by atoms with E-state index in [-0.39, 0.29) is 11.3 Å². The molecule has 156 valence electrons. The molecular weight excluding hydrogens is 398 g/mol. The number of carbonyl (C=O) groups is 1. The Bertz CT molecular complexity index is 1050. The number of nitrogens with zero attached hydrogens (tertiary/aromatic N) is 5. The Labute approximate surface area is 179 Å². The summed E-state index contributed by atoms with van der Waals surface area (Å²) in [4.78, 5) is 29.1. The molecule has 3 aromatic heterocycles. The second kappa shape index (κ2) is 7.58. The van der Waals surface area contributed by atoms with Crippen LogP contribution in [0.5, 0.6) is 0 Å². The summed E-state index contributed by atoms with van der Waals surface area (Å²) in [5.41, 5.74) is 1.54. The molecule has 1 aliphatic carbocycles. The van der Waals surface area contributed by atoms with Gasteiger partial charge in [-0.1, -0.05) is 18.0 Å². The third kappa shape index (κ3) is 3.64. The van der Waals surface area contributed by atoms with E-state index in [1.807, 2.05) is 30.9 Å². The van der Waals surface area contributed by atoms with Crippen molar-refractivity contribution < 1.29 is 9.32 Å². The number of pyridine rings is 1. The first-order valence-corrected chi connectivity index (χ1v) is 11.3. The molecule has 1 saturated carbocycles. The van der Waals surface area contributed by atoms with Crippen LogP contribution in [0.4, 0.5) is 0 Å². The van der Waals surface area contributed by atoms with Crippen molar-refractivity contribution in [3.8, 4) is 11.5 Å². The zero-order chi connectivity index (χ0) is 20.7. The summed E-state index contributed by atoms with van der Waals surface area (Å²) in [5.74, 6) is 2.13. The maximum atomic E-state index is 13.0. The molecule has 0 atom stereocenters. The first-order valence-electron chi connectivity index (χ1n) is 10.5. The van der Waals surface area contributed by atoms with E-state index in [0.717, 1.165) is 52.1 Å².